The van der Waals surface area contributed by atoms with Crippen molar-refractivity contribution in [3.8, 4) is 0 Å². The zero-order chi connectivity index (χ0) is 12.8. The van der Waals surface area contributed by atoms with E-state index in [-0.39, 0.29) is 12.0 Å². The van der Waals surface area contributed by atoms with Crippen LogP contribution in [-0.4, -0.2) is 48.5 Å². The molecule has 1 aromatic rings. The molecular weight excluding hydrogens is 230 g/mol. The first-order valence-electron chi connectivity index (χ1n) is 6.41. The number of piperidine rings is 1. The van der Waals surface area contributed by atoms with Crippen molar-refractivity contribution in [1.29, 1.82) is 0 Å². The summed E-state index contributed by atoms with van der Waals surface area (Å²) in [5, 5.41) is 9.71. The fourth-order valence-corrected chi connectivity index (χ4v) is 2.56. The van der Waals surface area contributed by atoms with Crippen LogP contribution in [0.3, 0.4) is 0 Å². The highest BCUT2D eigenvalue weighted by Crippen LogP contribution is 2.34. The fourth-order valence-electron chi connectivity index (χ4n) is 2.56. The SMILES string of the molecule is COCC[C@@]1(CO)CCCN(c2ncccn2)C1. The lowest BCUT2D eigenvalue weighted by atomic mass is 9.78. The van der Waals surface area contributed by atoms with Crippen molar-refractivity contribution in [3.05, 3.63) is 18.5 Å². The van der Waals surface area contributed by atoms with Gasteiger partial charge in [-0.25, -0.2) is 9.97 Å². The summed E-state index contributed by atoms with van der Waals surface area (Å²) in [5.41, 5.74) is -0.0759. The van der Waals surface area contributed by atoms with Crippen LogP contribution in [-0.2, 0) is 4.74 Å². The molecule has 0 bridgehead atoms. The van der Waals surface area contributed by atoms with Crippen molar-refractivity contribution < 1.29 is 9.84 Å². The van der Waals surface area contributed by atoms with Crippen LogP contribution in [0.1, 0.15) is 19.3 Å². The van der Waals surface area contributed by atoms with Gasteiger partial charge in [-0.05, 0) is 25.3 Å². The molecule has 0 saturated carbocycles. The normalized spacial score (nSPS) is 24.2. The van der Waals surface area contributed by atoms with E-state index in [1.165, 1.54) is 0 Å². The van der Waals surface area contributed by atoms with E-state index in [1.807, 2.05) is 6.07 Å². The van der Waals surface area contributed by atoms with E-state index in [9.17, 15) is 5.11 Å². The van der Waals surface area contributed by atoms with Gasteiger partial charge in [0.2, 0.25) is 5.95 Å². The van der Waals surface area contributed by atoms with Gasteiger partial charge in [0.15, 0.2) is 0 Å². The second kappa shape index (κ2) is 6.11. The van der Waals surface area contributed by atoms with E-state index >= 15 is 0 Å². The first-order valence-corrected chi connectivity index (χ1v) is 6.41. The van der Waals surface area contributed by atoms with Gasteiger partial charge in [0.1, 0.15) is 0 Å². The Kier molecular flexibility index (Phi) is 4.49. The number of hydrogen-bond acceptors (Lipinski definition) is 5. The van der Waals surface area contributed by atoms with Crippen LogP contribution in [0, 0.1) is 5.41 Å². The molecule has 0 amide bonds. The van der Waals surface area contributed by atoms with E-state index in [0.29, 0.717) is 6.61 Å². The van der Waals surface area contributed by atoms with Crippen molar-refractivity contribution in [2.75, 3.05) is 38.3 Å². The minimum atomic E-state index is -0.0759. The Bertz CT molecular complexity index is 361. The van der Waals surface area contributed by atoms with Gasteiger partial charge in [0.05, 0.1) is 6.61 Å². The fraction of sp³-hybridized carbons (Fsp3) is 0.692. The number of nitrogens with zero attached hydrogens (tertiary/aromatic N) is 3. The van der Waals surface area contributed by atoms with E-state index in [2.05, 4.69) is 14.9 Å². The van der Waals surface area contributed by atoms with Crippen molar-refractivity contribution in [2.24, 2.45) is 5.41 Å². The smallest absolute Gasteiger partial charge is 0.225 e. The lowest BCUT2D eigenvalue weighted by Gasteiger charge is -2.41. The predicted molar refractivity (Wildman–Crippen MR) is 69.5 cm³/mol. The lowest BCUT2D eigenvalue weighted by molar-refractivity contribution is 0.0622. The summed E-state index contributed by atoms with van der Waals surface area (Å²) in [6, 6.07) is 1.82. The Hall–Kier alpha value is -1.20. The quantitative estimate of drug-likeness (QED) is 0.849. The molecule has 2 rings (SSSR count). The predicted octanol–water partition coefficient (Wildman–Crippen LogP) is 1.09. The first kappa shape index (κ1) is 13.2. The second-order valence-corrected chi connectivity index (χ2v) is 4.97. The molecule has 5 nitrogen and oxygen atoms in total. The van der Waals surface area contributed by atoms with Gasteiger partial charge in [-0.15, -0.1) is 0 Å². The second-order valence-electron chi connectivity index (χ2n) is 4.97. The van der Waals surface area contributed by atoms with Gasteiger partial charge < -0.3 is 14.7 Å². The lowest BCUT2D eigenvalue weighted by Crippen LogP contribution is -2.46. The molecule has 1 N–H and O–H groups in total. The molecule has 2 heterocycles. The minimum absolute atomic E-state index is 0.0759. The summed E-state index contributed by atoms with van der Waals surface area (Å²) < 4.78 is 5.15. The van der Waals surface area contributed by atoms with Gasteiger partial charge >= 0.3 is 0 Å². The minimum Gasteiger partial charge on any atom is -0.396 e. The highest BCUT2D eigenvalue weighted by molar-refractivity contribution is 5.30. The van der Waals surface area contributed by atoms with Crippen LogP contribution >= 0.6 is 0 Å². The number of methoxy groups -OCH3 is 1. The Balaban J connectivity index is 2.07. The zero-order valence-corrected chi connectivity index (χ0v) is 10.9. The third-order valence-corrected chi connectivity index (χ3v) is 3.67. The van der Waals surface area contributed by atoms with E-state index in [0.717, 1.165) is 38.3 Å². The molecule has 1 fully saturated rings. The van der Waals surface area contributed by atoms with Crippen molar-refractivity contribution in [1.82, 2.24) is 9.97 Å². The zero-order valence-electron chi connectivity index (χ0n) is 10.9. The number of aliphatic hydroxyl groups excluding tert-OH is 1. The van der Waals surface area contributed by atoms with Crippen LogP contribution in [0.15, 0.2) is 18.5 Å². The summed E-state index contributed by atoms with van der Waals surface area (Å²) in [6.45, 7) is 2.64. The summed E-state index contributed by atoms with van der Waals surface area (Å²) in [4.78, 5) is 10.7. The molecular formula is C13H21N3O2. The first-order chi connectivity index (χ1) is 8.79. The summed E-state index contributed by atoms with van der Waals surface area (Å²) in [5.74, 6) is 0.757. The van der Waals surface area contributed by atoms with Gasteiger partial charge in [0.25, 0.3) is 0 Å². The molecule has 1 saturated heterocycles. The van der Waals surface area contributed by atoms with Crippen LogP contribution in [0.25, 0.3) is 0 Å². The topological polar surface area (TPSA) is 58.5 Å². The Morgan fingerprint density at radius 1 is 1.44 bits per heavy atom. The molecule has 0 radical (unpaired) electrons. The van der Waals surface area contributed by atoms with Crippen LogP contribution < -0.4 is 4.90 Å². The maximum absolute atomic E-state index is 9.71. The van der Waals surface area contributed by atoms with Gasteiger partial charge in [-0.3, -0.25) is 0 Å². The standard InChI is InChI=1S/C13H21N3O2/c1-18-9-5-13(11-17)4-2-8-16(10-13)12-14-6-3-7-15-12/h3,6-7,17H,2,4-5,8-11H2,1H3/t13-/m0/s1. The Morgan fingerprint density at radius 3 is 2.89 bits per heavy atom. The molecule has 0 spiro atoms. The van der Waals surface area contributed by atoms with Crippen molar-refractivity contribution >= 4 is 5.95 Å². The summed E-state index contributed by atoms with van der Waals surface area (Å²) in [6.07, 6.45) is 6.49. The summed E-state index contributed by atoms with van der Waals surface area (Å²) in [7, 11) is 1.70. The Labute approximate surface area is 108 Å². The third-order valence-electron chi connectivity index (χ3n) is 3.67. The van der Waals surface area contributed by atoms with E-state index < -0.39 is 0 Å². The molecule has 1 aromatic heterocycles. The number of anilines is 1. The van der Waals surface area contributed by atoms with Crippen LogP contribution in [0.4, 0.5) is 5.95 Å². The highest BCUT2D eigenvalue weighted by atomic mass is 16.5. The molecule has 18 heavy (non-hydrogen) atoms. The van der Waals surface area contributed by atoms with Crippen LogP contribution in [0.5, 0.6) is 0 Å². The van der Waals surface area contributed by atoms with Crippen LogP contribution in [0.2, 0.25) is 0 Å². The maximum Gasteiger partial charge on any atom is 0.225 e. The molecule has 0 unspecified atom stereocenters. The monoisotopic (exact) mass is 251 g/mol. The van der Waals surface area contributed by atoms with E-state index in [4.69, 9.17) is 4.74 Å². The van der Waals surface area contributed by atoms with Gasteiger partial charge in [-0.1, -0.05) is 0 Å². The van der Waals surface area contributed by atoms with Crippen molar-refractivity contribution in [3.63, 3.8) is 0 Å². The largest absolute Gasteiger partial charge is 0.396 e. The number of aliphatic hydroxyl groups is 1. The molecule has 0 aliphatic carbocycles. The third kappa shape index (κ3) is 2.97. The molecule has 1 atom stereocenters. The average Bonchev–Trinajstić information content (AvgIpc) is 2.46. The molecule has 0 aromatic carbocycles. The Morgan fingerprint density at radius 2 is 2.22 bits per heavy atom. The number of hydrogen-bond donors (Lipinski definition) is 1. The molecule has 5 heteroatoms. The van der Waals surface area contributed by atoms with Gasteiger partial charge in [-0.2, -0.15) is 0 Å². The number of rotatable bonds is 5. The number of aromatic nitrogens is 2. The molecule has 1 aliphatic heterocycles. The van der Waals surface area contributed by atoms with Gasteiger partial charge in [0, 0.05) is 44.6 Å². The molecule has 1 aliphatic rings. The highest BCUT2D eigenvalue weighted by Gasteiger charge is 2.35. The maximum atomic E-state index is 9.71. The van der Waals surface area contributed by atoms with E-state index in [1.54, 1.807) is 19.5 Å². The molecule has 100 valence electrons. The average molecular weight is 251 g/mol. The van der Waals surface area contributed by atoms with Crippen molar-refractivity contribution in [2.45, 2.75) is 19.3 Å². The summed E-state index contributed by atoms with van der Waals surface area (Å²) >= 11 is 0. The number of ether oxygens (including phenoxy) is 1.